The molecule has 0 aromatic heterocycles. The van der Waals surface area contributed by atoms with Gasteiger partial charge in [-0.2, -0.15) is 0 Å². The van der Waals surface area contributed by atoms with Crippen molar-refractivity contribution in [2.24, 2.45) is 0 Å². The van der Waals surface area contributed by atoms with Crippen LogP contribution < -0.4 is 10.1 Å². The number of rotatable bonds is 9. The van der Waals surface area contributed by atoms with Crippen LogP contribution in [-0.4, -0.2) is 64.4 Å². The molecule has 2 aromatic carbocycles. The molecular formula is C21H29N3O4S. The van der Waals surface area contributed by atoms with E-state index in [2.05, 4.69) is 5.32 Å². The van der Waals surface area contributed by atoms with E-state index >= 15 is 0 Å². The molecule has 0 bridgehead atoms. The van der Waals surface area contributed by atoms with E-state index in [0.29, 0.717) is 18.9 Å². The summed E-state index contributed by atoms with van der Waals surface area (Å²) < 4.78 is 31.0. The zero-order chi connectivity index (χ0) is 21.6. The molecule has 0 saturated heterocycles. The zero-order valence-electron chi connectivity index (χ0n) is 17.6. The molecule has 1 amide bonds. The summed E-state index contributed by atoms with van der Waals surface area (Å²) in [4.78, 5) is 14.4. The smallest absolute Gasteiger partial charge is 0.242 e. The number of sulfonamides is 1. The molecule has 0 fully saturated rings. The molecule has 8 heteroatoms. The number of anilines is 1. The van der Waals surface area contributed by atoms with Crippen molar-refractivity contribution >= 4 is 21.6 Å². The van der Waals surface area contributed by atoms with E-state index in [9.17, 15) is 13.2 Å². The molecule has 0 radical (unpaired) electrons. The highest BCUT2D eigenvalue weighted by molar-refractivity contribution is 7.89. The average molecular weight is 420 g/mol. The number of amides is 1. The van der Waals surface area contributed by atoms with Gasteiger partial charge in [0, 0.05) is 26.3 Å². The number of nitrogens with zero attached hydrogens (tertiary/aromatic N) is 2. The van der Waals surface area contributed by atoms with Crippen molar-refractivity contribution in [3.63, 3.8) is 0 Å². The van der Waals surface area contributed by atoms with E-state index in [4.69, 9.17) is 4.74 Å². The summed E-state index contributed by atoms with van der Waals surface area (Å²) >= 11 is 0. The van der Waals surface area contributed by atoms with Gasteiger partial charge >= 0.3 is 0 Å². The first-order valence-corrected chi connectivity index (χ1v) is 10.8. The number of para-hydroxylation sites is 1. The number of aryl methyl sites for hydroxylation is 2. The fraction of sp³-hybridized carbons (Fsp3) is 0.381. The minimum absolute atomic E-state index is 0.0804. The SMILES string of the molecule is Cc1cccc(C)c1NC(=O)CN(C)CCOc1ccc(S(=O)(=O)N(C)C)cc1. The number of ether oxygens (including phenoxy) is 1. The molecular weight excluding hydrogens is 390 g/mol. The monoisotopic (exact) mass is 419 g/mol. The second-order valence-electron chi connectivity index (χ2n) is 7.16. The van der Waals surface area contributed by atoms with Gasteiger partial charge in [0.2, 0.25) is 15.9 Å². The Morgan fingerprint density at radius 2 is 1.59 bits per heavy atom. The lowest BCUT2D eigenvalue weighted by molar-refractivity contribution is -0.117. The number of benzene rings is 2. The lowest BCUT2D eigenvalue weighted by Gasteiger charge is -2.18. The zero-order valence-corrected chi connectivity index (χ0v) is 18.4. The van der Waals surface area contributed by atoms with Crippen LogP contribution in [-0.2, 0) is 14.8 Å². The van der Waals surface area contributed by atoms with Gasteiger partial charge in [0.05, 0.1) is 11.4 Å². The van der Waals surface area contributed by atoms with E-state index < -0.39 is 10.0 Å². The van der Waals surface area contributed by atoms with Gasteiger partial charge < -0.3 is 10.1 Å². The second-order valence-corrected chi connectivity index (χ2v) is 9.31. The van der Waals surface area contributed by atoms with Gasteiger partial charge in [0.25, 0.3) is 0 Å². The summed E-state index contributed by atoms with van der Waals surface area (Å²) in [5, 5.41) is 2.96. The van der Waals surface area contributed by atoms with Crippen LogP contribution in [0.15, 0.2) is 47.4 Å². The number of hydrogen-bond donors (Lipinski definition) is 1. The third-order valence-electron chi connectivity index (χ3n) is 4.50. The fourth-order valence-corrected chi connectivity index (χ4v) is 3.65. The Kier molecular flexibility index (Phi) is 7.78. The average Bonchev–Trinajstić information content (AvgIpc) is 2.65. The van der Waals surface area contributed by atoms with Gasteiger partial charge in [-0.25, -0.2) is 12.7 Å². The molecule has 1 N–H and O–H groups in total. The highest BCUT2D eigenvalue weighted by Gasteiger charge is 2.16. The van der Waals surface area contributed by atoms with E-state index in [0.717, 1.165) is 16.8 Å². The Hall–Kier alpha value is -2.42. The molecule has 0 aliphatic heterocycles. The van der Waals surface area contributed by atoms with Crippen LogP contribution in [0.3, 0.4) is 0 Å². The summed E-state index contributed by atoms with van der Waals surface area (Å²) in [6, 6.07) is 12.2. The molecule has 0 aliphatic rings. The van der Waals surface area contributed by atoms with Crippen molar-refractivity contribution in [3.8, 4) is 5.75 Å². The van der Waals surface area contributed by atoms with Gasteiger partial charge in [-0.05, 0) is 56.3 Å². The number of carbonyl (C=O) groups excluding carboxylic acids is 1. The van der Waals surface area contributed by atoms with Gasteiger partial charge in [-0.15, -0.1) is 0 Å². The largest absolute Gasteiger partial charge is 0.492 e. The number of hydrogen-bond acceptors (Lipinski definition) is 5. The predicted molar refractivity (Wildman–Crippen MR) is 115 cm³/mol. The highest BCUT2D eigenvalue weighted by atomic mass is 32.2. The van der Waals surface area contributed by atoms with Gasteiger partial charge in [-0.1, -0.05) is 18.2 Å². The minimum Gasteiger partial charge on any atom is -0.492 e. The van der Waals surface area contributed by atoms with Crippen molar-refractivity contribution in [1.29, 1.82) is 0 Å². The van der Waals surface area contributed by atoms with Crippen LogP contribution in [0.5, 0.6) is 5.75 Å². The van der Waals surface area contributed by atoms with Crippen LogP contribution in [0.2, 0.25) is 0 Å². The quantitative estimate of drug-likeness (QED) is 0.676. The van der Waals surface area contributed by atoms with Crippen molar-refractivity contribution < 1.29 is 17.9 Å². The predicted octanol–water partition coefficient (Wildman–Crippen LogP) is 2.50. The summed E-state index contributed by atoms with van der Waals surface area (Å²) in [7, 11) is 1.38. The normalized spacial score (nSPS) is 11.7. The minimum atomic E-state index is -3.45. The molecule has 0 atom stereocenters. The Labute approximate surface area is 173 Å². The number of carbonyl (C=O) groups is 1. The van der Waals surface area contributed by atoms with Gasteiger partial charge in [-0.3, -0.25) is 9.69 Å². The standard InChI is InChI=1S/C21H29N3O4S/c1-16-7-6-8-17(2)21(16)22-20(25)15-24(5)13-14-28-18-9-11-19(12-10-18)29(26,27)23(3)4/h6-12H,13-15H2,1-5H3,(H,22,25). The maximum absolute atomic E-state index is 12.3. The van der Waals surface area contributed by atoms with Crippen LogP contribution in [0.4, 0.5) is 5.69 Å². The molecule has 0 heterocycles. The Morgan fingerprint density at radius 3 is 2.14 bits per heavy atom. The van der Waals surface area contributed by atoms with Crippen LogP contribution >= 0.6 is 0 Å². The van der Waals surface area contributed by atoms with Crippen LogP contribution in [0, 0.1) is 13.8 Å². The number of nitrogens with one attached hydrogen (secondary N) is 1. The molecule has 0 aliphatic carbocycles. The Balaban J connectivity index is 1.81. The van der Waals surface area contributed by atoms with E-state index in [1.807, 2.05) is 44.0 Å². The van der Waals surface area contributed by atoms with E-state index in [1.165, 1.54) is 30.5 Å². The van der Waals surface area contributed by atoms with Crippen molar-refractivity contribution in [1.82, 2.24) is 9.21 Å². The molecule has 0 unspecified atom stereocenters. The molecule has 0 saturated carbocycles. The first-order chi connectivity index (χ1) is 13.6. The van der Waals surface area contributed by atoms with Crippen molar-refractivity contribution in [2.45, 2.75) is 18.7 Å². The van der Waals surface area contributed by atoms with Crippen LogP contribution in [0.1, 0.15) is 11.1 Å². The maximum Gasteiger partial charge on any atom is 0.242 e. The summed E-state index contributed by atoms with van der Waals surface area (Å²) in [5.41, 5.74) is 2.92. The molecule has 0 spiro atoms. The summed E-state index contributed by atoms with van der Waals surface area (Å²) in [6.45, 7) is 5.12. The van der Waals surface area contributed by atoms with Crippen LogP contribution in [0.25, 0.3) is 0 Å². The molecule has 29 heavy (non-hydrogen) atoms. The number of likely N-dealkylation sites (N-methyl/N-ethyl adjacent to an activating group) is 1. The summed E-state index contributed by atoms with van der Waals surface area (Å²) in [6.07, 6.45) is 0. The lowest BCUT2D eigenvalue weighted by atomic mass is 10.1. The highest BCUT2D eigenvalue weighted by Crippen LogP contribution is 2.19. The molecule has 2 aromatic rings. The van der Waals surface area contributed by atoms with Gasteiger partial charge in [0.1, 0.15) is 12.4 Å². The molecule has 2 rings (SSSR count). The van der Waals surface area contributed by atoms with Gasteiger partial charge in [0.15, 0.2) is 0 Å². The second kappa shape index (κ2) is 9.87. The molecule has 7 nitrogen and oxygen atoms in total. The van der Waals surface area contributed by atoms with Crippen molar-refractivity contribution in [3.05, 3.63) is 53.6 Å². The molecule has 158 valence electrons. The first kappa shape index (κ1) is 22.9. The lowest BCUT2D eigenvalue weighted by Crippen LogP contribution is -2.33. The topological polar surface area (TPSA) is 79.0 Å². The maximum atomic E-state index is 12.3. The third-order valence-corrected chi connectivity index (χ3v) is 6.33. The van der Waals surface area contributed by atoms with Crippen molar-refractivity contribution in [2.75, 3.05) is 46.2 Å². The Bertz CT molecular complexity index is 921. The fourth-order valence-electron chi connectivity index (χ4n) is 2.75. The Morgan fingerprint density at radius 1 is 1.00 bits per heavy atom. The van der Waals surface area contributed by atoms with E-state index in [-0.39, 0.29) is 17.3 Å². The summed E-state index contributed by atoms with van der Waals surface area (Å²) in [5.74, 6) is 0.499. The first-order valence-electron chi connectivity index (χ1n) is 9.31. The van der Waals surface area contributed by atoms with E-state index in [1.54, 1.807) is 12.1 Å². The third kappa shape index (κ3) is 6.28.